The molecule has 18 heavy (non-hydrogen) atoms. The first-order chi connectivity index (χ1) is 8.52. The van der Waals surface area contributed by atoms with Gasteiger partial charge in [-0.1, -0.05) is 0 Å². The fourth-order valence-corrected chi connectivity index (χ4v) is 3.83. The largest absolute Gasteiger partial charge is 0.480 e. The van der Waals surface area contributed by atoms with Gasteiger partial charge in [0.1, 0.15) is 5.54 Å². The van der Waals surface area contributed by atoms with Crippen LogP contribution in [0.1, 0.15) is 45.4 Å². The molecule has 1 heterocycles. The van der Waals surface area contributed by atoms with Gasteiger partial charge in [-0.15, -0.1) is 0 Å². The van der Waals surface area contributed by atoms with Gasteiger partial charge in [0.25, 0.3) is 0 Å². The van der Waals surface area contributed by atoms with Crippen molar-refractivity contribution in [3.05, 3.63) is 0 Å². The molecule has 3 atom stereocenters. The Balaban J connectivity index is 1.75. The molecule has 0 radical (unpaired) electrons. The Bertz CT molecular complexity index is 385. The van der Waals surface area contributed by atoms with Crippen LogP contribution in [0.2, 0.25) is 0 Å². The van der Waals surface area contributed by atoms with Crippen LogP contribution in [0.5, 0.6) is 0 Å². The minimum atomic E-state index is -0.970. The normalized spacial score (nSPS) is 42.5. The van der Waals surface area contributed by atoms with Crippen molar-refractivity contribution in [1.29, 1.82) is 0 Å². The molecule has 3 fully saturated rings. The SMILES string of the molecule is CC1(C(=O)O)CCCCN1C(=O)C1CC2CC2C1. The molecule has 0 spiro atoms. The fraction of sp³-hybridized carbons (Fsp3) is 0.857. The van der Waals surface area contributed by atoms with E-state index in [-0.39, 0.29) is 11.8 Å². The average molecular weight is 251 g/mol. The lowest BCUT2D eigenvalue weighted by atomic mass is 9.86. The zero-order valence-electron chi connectivity index (χ0n) is 10.9. The number of fused-ring (bicyclic) bond motifs is 1. The summed E-state index contributed by atoms with van der Waals surface area (Å²) in [7, 11) is 0. The van der Waals surface area contributed by atoms with E-state index in [1.165, 1.54) is 6.42 Å². The predicted octanol–water partition coefficient (Wildman–Crippen LogP) is 1.89. The maximum Gasteiger partial charge on any atom is 0.329 e. The molecule has 3 unspecified atom stereocenters. The maximum absolute atomic E-state index is 12.5. The van der Waals surface area contributed by atoms with E-state index in [2.05, 4.69) is 0 Å². The van der Waals surface area contributed by atoms with Gasteiger partial charge >= 0.3 is 5.97 Å². The third-order valence-electron chi connectivity index (χ3n) is 5.21. The highest BCUT2D eigenvalue weighted by Gasteiger charge is 2.52. The van der Waals surface area contributed by atoms with Crippen LogP contribution in [0, 0.1) is 17.8 Å². The summed E-state index contributed by atoms with van der Waals surface area (Å²) in [5, 5.41) is 9.43. The molecule has 2 saturated carbocycles. The predicted molar refractivity (Wildman–Crippen MR) is 65.9 cm³/mol. The molecule has 4 nitrogen and oxygen atoms in total. The molecule has 0 aromatic carbocycles. The Morgan fingerprint density at radius 1 is 1.17 bits per heavy atom. The van der Waals surface area contributed by atoms with Gasteiger partial charge in [0.05, 0.1) is 0 Å². The molecular formula is C14H21NO3. The van der Waals surface area contributed by atoms with Gasteiger partial charge in [0, 0.05) is 12.5 Å². The number of carboxylic acids is 1. The number of carbonyl (C=O) groups excluding carboxylic acids is 1. The Hall–Kier alpha value is -1.06. The van der Waals surface area contributed by atoms with Crippen molar-refractivity contribution in [3.8, 4) is 0 Å². The van der Waals surface area contributed by atoms with E-state index in [1.807, 2.05) is 0 Å². The van der Waals surface area contributed by atoms with Gasteiger partial charge in [-0.3, -0.25) is 4.79 Å². The summed E-state index contributed by atoms with van der Waals surface area (Å²) in [5.74, 6) is 0.885. The lowest BCUT2D eigenvalue weighted by Gasteiger charge is -2.43. The fourth-order valence-electron chi connectivity index (χ4n) is 3.83. The summed E-state index contributed by atoms with van der Waals surface area (Å²) < 4.78 is 0. The molecule has 100 valence electrons. The maximum atomic E-state index is 12.5. The number of rotatable bonds is 2. The van der Waals surface area contributed by atoms with Gasteiger partial charge in [-0.05, 0) is 57.3 Å². The van der Waals surface area contributed by atoms with Crippen LogP contribution < -0.4 is 0 Å². The van der Waals surface area contributed by atoms with Crippen LogP contribution in [0.4, 0.5) is 0 Å². The summed E-state index contributed by atoms with van der Waals surface area (Å²) in [6.45, 7) is 2.33. The number of carbonyl (C=O) groups is 2. The minimum Gasteiger partial charge on any atom is -0.480 e. The van der Waals surface area contributed by atoms with Crippen molar-refractivity contribution in [2.75, 3.05) is 6.54 Å². The molecule has 3 rings (SSSR count). The zero-order chi connectivity index (χ0) is 12.9. The first-order valence-electron chi connectivity index (χ1n) is 7.07. The van der Waals surface area contributed by atoms with Gasteiger partial charge in [-0.25, -0.2) is 4.79 Å². The summed E-state index contributed by atoms with van der Waals surface area (Å²) in [4.78, 5) is 25.7. The topological polar surface area (TPSA) is 57.6 Å². The van der Waals surface area contributed by atoms with Crippen molar-refractivity contribution in [1.82, 2.24) is 4.90 Å². The molecule has 0 bridgehead atoms. The van der Waals surface area contributed by atoms with E-state index in [0.29, 0.717) is 13.0 Å². The number of nitrogens with zero attached hydrogens (tertiary/aromatic N) is 1. The van der Waals surface area contributed by atoms with Crippen molar-refractivity contribution in [2.45, 2.75) is 51.0 Å². The molecule has 2 aliphatic carbocycles. The Kier molecular flexibility index (Phi) is 2.65. The molecule has 1 N–H and O–H groups in total. The van der Waals surface area contributed by atoms with Crippen molar-refractivity contribution < 1.29 is 14.7 Å². The number of aliphatic carboxylic acids is 1. The van der Waals surface area contributed by atoms with Crippen molar-refractivity contribution >= 4 is 11.9 Å². The Morgan fingerprint density at radius 3 is 2.44 bits per heavy atom. The molecular weight excluding hydrogens is 230 g/mol. The average Bonchev–Trinajstić information content (AvgIpc) is 2.96. The first-order valence-corrected chi connectivity index (χ1v) is 7.07. The van der Waals surface area contributed by atoms with E-state index in [4.69, 9.17) is 0 Å². The van der Waals surface area contributed by atoms with Crippen LogP contribution in [-0.2, 0) is 9.59 Å². The second-order valence-corrected chi connectivity index (χ2v) is 6.45. The second-order valence-electron chi connectivity index (χ2n) is 6.45. The summed E-state index contributed by atoms with van der Waals surface area (Å²) >= 11 is 0. The number of piperidine rings is 1. The van der Waals surface area contributed by atoms with Gasteiger partial charge in [0.2, 0.25) is 5.91 Å². The summed E-state index contributed by atoms with van der Waals surface area (Å²) in [6, 6.07) is 0. The highest BCUT2D eigenvalue weighted by Crippen LogP contribution is 2.55. The number of amides is 1. The lowest BCUT2D eigenvalue weighted by molar-refractivity contribution is -0.162. The lowest BCUT2D eigenvalue weighted by Crippen LogP contribution is -2.58. The number of hydrogen-bond donors (Lipinski definition) is 1. The number of likely N-dealkylation sites (tertiary alicyclic amines) is 1. The Morgan fingerprint density at radius 2 is 1.83 bits per heavy atom. The zero-order valence-corrected chi connectivity index (χ0v) is 10.9. The number of carboxylic acid groups (broad SMARTS) is 1. The minimum absolute atomic E-state index is 0.102. The van der Waals surface area contributed by atoms with Crippen LogP contribution in [0.3, 0.4) is 0 Å². The monoisotopic (exact) mass is 251 g/mol. The summed E-state index contributed by atoms with van der Waals surface area (Å²) in [6.07, 6.45) is 5.72. The smallest absolute Gasteiger partial charge is 0.329 e. The standard InChI is InChI=1S/C14H21NO3/c1-14(13(17)18)4-2-3-5-15(14)12(16)11-7-9-6-10(9)8-11/h9-11H,2-8H2,1H3,(H,17,18). The summed E-state index contributed by atoms with van der Waals surface area (Å²) in [5.41, 5.74) is -0.970. The van der Waals surface area contributed by atoms with E-state index in [1.54, 1.807) is 11.8 Å². The molecule has 4 heteroatoms. The molecule has 1 amide bonds. The first kappa shape index (κ1) is 12.0. The molecule has 1 aliphatic heterocycles. The number of hydrogen-bond acceptors (Lipinski definition) is 2. The van der Waals surface area contributed by atoms with Crippen LogP contribution in [0.15, 0.2) is 0 Å². The van der Waals surface area contributed by atoms with E-state index in [9.17, 15) is 14.7 Å². The second kappa shape index (κ2) is 3.97. The van der Waals surface area contributed by atoms with E-state index >= 15 is 0 Å². The molecule has 0 aromatic heterocycles. The van der Waals surface area contributed by atoms with Crippen LogP contribution in [-0.4, -0.2) is 34.0 Å². The van der Waals surface area contributed by atoms with E-state index < -0.39 is 11.5 Å². The Labute approximate surface area is 107 Å². The molecule has 3 aliphatic rings. The van der Waals surface area contributed by atoms with Crippen molar-refractivity contribution in [2.24, 2.45) is 17.8 Å². The van der Waals surface area contributed by atoms with Crippen LogP contribution in [0.25, 0.3) is 0 Å². The third-order valence-corrected chi connectivity index (χ3v) is 5.21. The van der Waals surface area contributed by atoms with Crippen molar-refractivity contribution in [3.63, 3.8) is 0 Å². The van der Waals surface area contributed by atoms with Crippen LogP contribution >= 0.6 is 0 Å². The third kappa shape index (κ3) is 1.73. The molecule has 0 aromatic rings. The quantitative estimate of drug-likeness (QED) is 0.815. The highest BCUT2D eigenvalue weighted by atomic mass is 16.4. The highest BCUT2D eigenvalue weighted by molar-refractivity contribution is 5.88. The van der Waals surface area contributed by atoms with Gasteiger partial charge < -0.3 is 10.0 Å². The van der Waals surface area contributed by atoms with Gasteiger partial charge in [-0.2, -0.15) is 0 Å². The molecule has 1 saturated heterocycles. The van der Waals surface area contributed by atoms with Gasteiger partial charge in [0.15, 0.2) is 0 Å². The van der Waals surface area contributed by atoms with E-state index in [0.717, 1.165) is 37.5 Å².